The topological polar surface area (TPSA) is 83.8 Å². The van der Waals surface area contributed by atoms with Gasteiger partial charge in [-0.3, -0.25) is 9.59 Å². The molecule has 7 heteroatoms. The summed E-state index contributed by atoms with van der Waals surface area (Å²) < 4.78 is 39.1. The fourth-order valence-electron chi connectivity index (χ4n) is 7.65. The number of fused-ring (bicyclic) bond motifs is 5. The average Bonchev–Trinajstić information content (AvgIpc) is 3.02. The molecular weight excluding hydrogens is 442 g/mol. The molecule has 0 aromatic heterocycles. The standard InChI is InChI=1S/C27H34F2O5/c1-5-22(33)34-24-15(2)12-17-18-13-19(28)23-16(8-6-7-11-30)20(31)9-10-26(23,4)27(18,29)21(32)14-25(17,24)3/h9-10,15,17-19,21,24,30,32H,5,8,11-14H2,1-4H3/t15-,17+,18+,19+,21+,24+,25+,26+,27+/m1/s1. The number of aliphatic hydroxyl groups is 2. The van der Waals surface area contributed by atoms with E-state index in [0.29, 0.717) is 6.42 Å². The number of rotatable bonds is 3. The summed E-state index contributed by atoms with van der Waals surface area (Å²) in [5.74, 6) is 3.24. The average molecular weight is 477 g/mol. The van der Waals surface area contributed by atoms with Crippen molar-refractivity contribution in [3.8, 4) is 11.8 Å². The lowest BCUT2D eigenvalue weighted by Gasteiger charge is -2.62. The summed E-state index contributed by atoms with van der Waals surface area (Å²) in [5.41, 5.74) is -4.20. The fraction of sp³-hybridized carbons (Fsp3) is 0.704. The first kappa shape index (κ1) is 25.1. The molecule has 3 saturated carbocycles. The van der Waals surface area contributed by atoms with Crippen molar-refractivity contribution in [1.82, 2.24) is 0 Å². The molecule has 3 fully saturated rings. The minimum atomic E-state index is -2.19. The Hall–Kier alpha value is -2.04. The number of carbonyl (C=O) groups excluding carboxylic acids is 2. The molecule has 0 spiro atoms. The van der Waals surface area contributed by atoms with Gasteiger partial charge in [0.05, 0.1) is 6.10 Å². The number of carbonyl (C=O) groups is 2. The molecule has 0 amide bonds. The third kappa shape index (κ3) is 3.32. The molecule has 0 unspecified atom stereocenters. The quantitative estimate of drug-likeness (QED) is 0.480. The molecule has 4 aliphatic rings. The van der Waals surface area contributed by atoms with Gasteiger partial charge in [0.25, 0.3) is 0 Å². The Balaban J connectivity index is 1.80. The third-order valence-corrected chi connectivity index (χ3v) is 9.12. The Morgan fingerprint density at radius 2 is 1.97 bits per heavy atom. The lowest BCUT2D eigenvalue weighted by molar-refractivity contribution is -0.212. The van der Waals surface area contributed by atoms with Crippen LogP contribution in [0.4, 0.5) is 8.78 Å². The normalized spacial score (nSPS) is 45.1. The highest BCUT2D eigenvalue weighted by molar-refractivity contribution is 6.06. The molecule has 0 aromatic rings. The fourth-order valence-corrected chi connectivity index (χ4v) is 7.65. The van der Waals surface area contributed by atoms with E-state index in [1.54, 1.807) is 13.8 Å². The summed E-state index contributed by atoms with van der Waals surface area (Å²) >= 11 is 0. The molecule has 186 valence electrons. The van der Waals surface area contributed by atoms with Crippen LogP contribution in [0.1, 0.15) is 59.8 Å². The molecule has 9 atom stereocenters. The minimum Gasteiger partial charge on any atom is -0.461 e. The smallest absolute Gasteiger partial charge is 0.305 e. The lowest BCUT2D eigenvalue weighted by Crippen LogP contribution is -2.68. The van der Waals surface area contributed by atoms with Crippen LogP contribution in [-0.2, 0) is 14.3 Å². The Kier molecular flexibility index (Phi) is 6.31. The summed E-state index contributed by atoms with van der Waals surface area (Å²) in [7, 11) is 0. The van der Waals surface area contributed by atoms with Crippen molar-refractivity contribution in [2.75, 3.05) is 6.61 Å². The van der Waals surface area contributed by atoms with Gasteiger partial charge in [-0.25, -0.2) is 8.78 Å². The first-order valence-electron chi connectivity index (χ1n) is 12.2. The van der Waals surface area contributed by atoms with E-state index in [4.69, 9.17) is 9.84 Å². The maximum absolute atomic E-state index is 17.4. The van der Waals surface area contributed by atoms with Gasteiger partial charge in [-0.15, -0.1) is 0 Å². The van der Waals surface area contributed by atoms with E-state index in [9.17, 15) is 14.7 Å². The zero-order chi connectivity index (χ0) is 25.1. The summed E-state index contributed by atoms with van der Waals surface area (Å²) in [6.07, 6.45) is -0.148. The van der Waals surface area contributed by atoms with Crippen molar-refractivity contribution in [3.63, 3.8) is 0 Å². The zero-order valence-electron chi connectivity index (χ0n) is 20.2. The van der Waals surface area contributed by atoms with E-state index < -0.39 is 46.6 Å². The van der Waals surface area contributed by atoms with Gasteiger partial charge < -0.3 is 14.9 Å². The number of hydrogen-bond donors (Lipinski definition) is 2. The molecule has 2 N–H and O–H groups in total. The molecule has 4 aliphatic carbocycles. The molecule has 0 radical (unpaired) electrons. The number of alkyl halides is 2. The molecule has 4 rings (SSSR count). The van der Waals surface area contributed by atoms with Crippen molar-refractivity contribution in [2.24, 2.45) is 28.6 Å². The van der Waals surface area contributed by atoms with E-state index in [1.807, 2.05) is 13.8 Å². The Morgan fingerprint density at radius 3 is 2.62 bits per heavy atom. The summed E-state index contributed by atoms with van der Waals surface area (Å²) in [6.45, 7) is 6.78. The molecule has 0 saturated heterocycles. The second-order valence-corrected chi connectivity index (χ2v) is 10.9. The maximum atomic E-state index is 17.4. The Morgan fingerprint density at radius 1 is 1.26 bits per heavy atom. The molecule has 0 heterocycles. The van der Waals surface area contributed by atoms with E-state index in [-0.39, 0.29) is 61.2 Å². The monoisotopic (exact) mass is 476 g/mol. The van der Waals surface area contributed by atoms with Crippen molar-refractivity contribution in [2.45, 2.75) is 83.8 Å². The SMILES string of the molecule is CCC(=O)O[C@H]1[C@H](C)C[C@H]2[C@@H]3C[C@H](F)C4=C(CC#CCO)C(=O)C=C[C@]4(C)[C@@]3(F)[C@@H](O)C[C@@]21C. The number of halogens is 2. The number of ether oxygens (including phenoxy) is 1. The van der Waals surface area contributed by atoms with Crippen molar-refractivity contribution >= 4 is 11.8 Å². The molecule has 34 heavy (non-hydrogen) atoms. The Labute approximate surface area is 199 Å². The van der Waals surface area contributed by atoms with Crippen LogP contribution in [0, 0.1) is 40.4 Å². The second-order valence-electron chi connectivity index (χ2n) is 10.9. The van der Waals surface area contributed by atoms with Gasteiger partial charge in [-0.1, -0.05) is 38.7 Å². The van der Waals surface area contributed by atoms with Crippen LogP contribution < -0.4 is 0 Å². The first-order chi connectivity index (χ1) is 16.0. The van der Waals surface area contributed by atoms with Gasteiger partial charge in [-0.2, -0.15) is 0 Å². The Bertz CT molecular complexity index is 1010. The van der Waals surface area contributed by atoms with Crippen molar-refractivity contribution in [1.29, 1.82) is 0 Å². The summed E-state index contributed by atoms with van der Waals surface area (Å²) in [6, 6.07) is 0. The van der Waals surface area contributed by atoms with E-state index in [2.05, 4.69) is 11.8 Å². The van der Waals surface area contributed by atoms with E-state index in [1.165, 1.54) is 12.2 Å². The largest absolute Gasteiger partial charge is 0.461 e. The van der Waals surface area contributed by atoms with Crippen LogP contribution in [0.2, 0.25) is 0 Å². The molecule has 0 aromatic carbocycles. The number of hydrogen-bond acceptors (Lipinski definition) is 5. The molecule has 5 nitrogen and oxygen atoms in total. The number of allylic oxidation sites excluding steroid dienone is 4. The highest BCUT2D eigenvalue weighted by Crippen LogP contribution is 2.69. The van der Waals surface area contributed by atoms with Gasteiger partial charge in [-0.05, 0) is 49.7 Å². The van der Waals surface area contributed by atoms with Gasteiger partial charge in [0.1, 0.15) is 18.9 Å². The third-order valence-electron chi connectivity index (χ3n) is 9.12. The maximum Gasteiger partial charge on any atom is 0.305 e. The van der Waals surface area contributed by atoms with Gasteiger partial charge >= 0.3 is 5.97 Å². The lowest BCUT2D eigenvalue weighted by atomic mass is 9.45. The second kappa shape index (κ2) is 8.57. The molecule has 0 aliphatic heterocycles. The summed E-state index contributed by atoms with van der Waals surface area (Å²) in [4.78, 5) is 24.8. The van der Waals surface area contributed by atoms with Crippen molar-refractivity contribution in [3.05, 3.63) is 23.3 Å². The van der Waals surface area contributed by atoms with Crippen LogP contribution in [0.25, 0.3) is 0 Å². The van der Waals surface area contributed by atoms with E-state index >= 15 is 8.78 Å². The van der Waals surface area contributed by atoms with Crippen LogP contribution >= 0.6 is 0 Å². The van der Waals surface area contributed by atoms with Crippen LogP contribution in [0.15, 0.2) is 23.3 Å². The zero-order valence-corrected chi connectivity index (χ0v) is 20.2. The number of aliphatic hydroxyl groups excluding tert-OH is 2. The molecular formula is C27H34F2O5. The number of ketones is 1. The highest BCUT2D eigenvalue weighted by atomic mass is 19.1. The van der Waals surface area contributed by atoms with Gasteiger partial charge in [0.2, 0.25) is 0 Å². The van der Waals surface area contributed by atoms with Gasteiger partial charge in [0.15, 0.2) is 11.5 Å². The molecule has 0 bridgehead atoms. The van der Waals surface area contributed by atoms with E-state index in [0.717, 1.165) is 0 Å². The predicted octanol–water partition coefficient (Wildman–Crippen LogP) is 3.63. The van der Waals surface area contributed by atoms with Crippen LogP contribution in [-0.4, -0.2) is 52.6 Å². The summed E-state index contributed by atoms with van der Waals surface area (Å²) in [5, 5.41) is 20.4. The minimum absolute atomic E-state index is 0.0457. The van der Waals surface area contributed by atoms with Gasteiger partial charge in [0, 0.05) is 35.2 Å². The highest BCUT2D eigenvalue weighted by Gasteiger charge is 2.73. The van der Waals surface area contributed by atoms with Crippen molar-refractivity contribution < 1.29 is 33.3 Å². The van der Waals surface area contributed by atoms with Crippen LogP contribution in [0.3, 0.4) is 0 Å². The predicted molar refractivity (Wildman–Crippen MR) is 122 cm³/mol. The van der Waals surface area contributed by atoms with Crippen LogP contribution in [0.5, 0.6) is 0 Å². The first-order valence-corrected chi connectivity index (χ1v) is 12.2. The number of esters is 1.